The molecule has 4 rings (SSSR count). The summed E-state index contributed by atoms with van der Waals surface area (Å²) >= 11 is 8.40. The Hall–Kier alpha value is -3.48. The zero-order valence-corrected chi connectivity index (χ0v) is 24.3. The second-order valence-electron chi connectivity index (χ2n) is 9.70. The van der Waals surface area contributed by atoms with Crippen molar-refractivity contribution in [2.75, 3.05) is 11.5 Å². The Balaban J connectivity index is 1.54. The Bertz CT molecular complexity index is 1450. The molecule has 40 heavy (non-hydrogen) atoms. The van der Waals surface area contributed by atoms with Crippen LogP contribution in [0.3, 0.4) is 0 Å². The van der Waals surface area contributed by atoms with Crippen LogP contribution in [0.1, 0.15) is 44.0 Å². The number of halogens is 1. The number of carbonyl (C=O) groups excluding carboxylic acids is 3. The fraction of sp³-hybridized carbons (Fsp3) is 0.333. The number of oxime groups is 1. The van der Waals surface area contributed by atoms with E-state index in [4.69, 9.17) is 22.2 Å². The summed E-state index contributed by atoms with van der Waals surface area (Å²) in [5.41, 5.74) is 6.89. The van der Waals surface area contributed by atoms with E-state index >= 15 is 0 Å². The van der Waals surface area contributed by atoms with Crippen LogP contribution in [0.4, 0.5) is 5.13 Å². The highest BCUT2D eigenvalue weighted by Crippen LogP contribution is 2.45. The van der Waals surface area contributed by atoms with E-state index in [1.165, 1.54) is 42.8 Å². The number of rotatable bonds is 11. The fourth-order valence-electron chi connectivity index (χ4n) is 4.11. The third-order valence-electron chi connectivity index (χ3n) is 6.37. The van der Waals surface area contributed by atoms with Gasteiger partial charge in [-0.2, -0.15) is 0 Å². The van der Waals surface area contributed by atoms with Gasteiger partial charge in [0, 0.05) is 30.4 Å². The molecule has 1 fully saturated rings. The predicted molar refractivity (Wildman–Crippen MR) is 155 cm³/mol. The van der Waals surface area contributed by atoms with Gasteiger partial charge in [-0.1, -0.05) is 41.6 Å². The molecule has 0 unspecified atom stereocenters. The minimum absolute atomic E-state index is 0.129. The topological polar surface area (TPSA) is 152 Å². The smallest absolute Gasteiger partial charge is 0.350 e. The van der Waals surface area contributed by atoms with E-state index in [0.717, 1.165) is 28.0 Å². The fourth-order valence-corrected chi connectivity index (χ4v) is 6.22. The van der Waals surface area contributed by atoms with Crippen molar-refractivity contribution in [1.29, 1.82) is 0 Å². The van der Waals surface area contributed by atoms with E-state index in [-0.39, 0.29) is 34.6 Å². The van der Waals surface area contributed by atoms with Crippen molar-refractivity contribution in [3.8, 4) is 0 Å². The second kappa shape index (κ2) is 11.9. The lowest BCUT2D eigenvalue weighted by Gasteiger charge is -2.49. The molecule has 0 bridgehead atoms. The Morgan fingerprint density at radius 3 is 2.55 bits per heavy atom. The molecule has 0 saturated carbocycles. The maximum atomic E-state index is 13.3. The molecule has 0 aliphatic carbocycles. The van der Waals surface area contributed by atoms with E-state index in [9.17, 15) is 24.3 Å². The summed E-state index contributed by atoms with van der Waals surface area (Å²) < 4.78 is 0. The first-order valence-electron chi connectivity index (χ1n) is 12.2. The van der Waals surface area contributed by atoms with Crippen molar-refractivity contribution in [3.63, 3.8) is 0 Å². The van der Waals surface area contributed by atoms with Gasteiger partial charge in [0.05, 0.1) is 17.0 Å². The van der Waals surface area contributed by atoms with E-state index in [2.05, 4.69) is 10.1 Å². The number of fused-ring (bicyclic) bond motifs is 1. The lowest BCUT2D eigenvalue weighted by molar-refractivity contribution is -0.161. The molecule has 0 spiro atoms. The number of amides is 1. The zero-order chi connectivity index (χ0) is 29.2. The average molecular weight is 603 g/mol. The third kappa shape index (κ3) is 6.13. The molecule has 10 nitrogen and oxygen atoms in total. The molecule has 1 amide bonds. The molecule has 1 saturated heterocycles. The number of nitrogens with zero attached hydrogens (tertiary/aromatic N) is 3. The molecule has 210 valence electrons. The van der Waals surface area contributed by atoms with Gasteiger partial charge >= 0.3 is 5.97 Å². The van der Waals surface area contributed by atoms with Crippen LogP contribution >= 0.6 is 34.7 Å². The third-order valence-corrected chi connectivity index (χ3v) is 8.71. The van der Waals surface area contributed by atoms with Gasteiger partial charge in [-0.25, -0.2) is 9.78 Å². The maximum Gasteiger partial charge on any atom is 0.350 e. The number of nitrogen functional groups attached to an aromatic ring is 1. The van der Waals surface area contributed by atoms with Gasteiger partial charge in [0.25, 0.3) is 0 Å². The average Bonchev–Trinajstić information content (AvgIpc) is 3.35. The second-order valence-corrected chi connectivity index (χ2v) is 12.0. The minimum Gasteiger partial charge on any atom is -0.478 e. The maximum absolute atomic E-state index is 13.3. The standard InChI is InChI=1S/C27H27ClN4O6S2/c1-14(33)22-17(9-8-15-4-6-16(11-28)7-5-15)12-39-24-18(23(35)32(22)24)10-20(34)21(19-13-40-26(29)30-19)31-38-27(2,3)25(36)37/h4-9,13,18,24H,10-12H2,1-3H3,(H2,29,30)(H,36,37)/b9-8-,31-21-/t18-,24-/m1/s1. The Morgan fingerprint density at radius 2 is 1.98 bits per heavy atom. The lowest BCUT2D eigenvalue weighted by Crippen LogP contribution is -2.61. The number of carbonyl (C=O) groups is 4. The summed E-state index contributed by atoms with van der Waals surface area (Å²) in [6.07, 6.45) is 3.49. The van der Waals surface area contributed by atoms with Crippen molar-refractivity contribution in [2.45, 2.75) is 44.0 Å². The van der Waals surface area contributed by atoms with Gasteiger partial charge in [0.2, 0.25) is 11.5 Å². The van der Waals surface area contributed by atoms with Crippen molar-refractivity contribution >= 4 is 75.1 Å². The molecule has 2 atom stereocenters. The summed E-state index contributed by atoms with van der Waals surface area (Å²) in [7, 11) is 0. The molecule has 2 aromatic rings. The van der Waals surface area contributed by atoms with E-state index < -0.39 is 28.6 Å². The van der Waals surface area contributed by atoms with Gasteiger partial charge in [0.15, 0.2) is 22.4 Å². The number of alkyl halides is 1. The number of ketones is 2. The first-order chi connectivity index (χ1) is 18.9. The number of Topliss-reactive ketones (excluding diaryl/α,β-unsaturated/α-hetero) is 2. The first-order valence-corrected chi connectivity index (χ1v) is 14.6. The number of hydrogen-bond acceptors (Lipinski definition) is 10. The van der Waals surface area contributed by atoms with Gasteiger partial charge in [-0.3, -0.25) is 19.3 Å². The summed E-state index contributed by atoms with van der Waals surface area (Å²) in [5.74, 6) is -2.23. The number of anilines is 1. The first kappa shape index (κ1) is 29.5. The Kier molecular flexibility index (Phi) is 8.81. The number of aliphatic carboxylic acids is 1. The van der Waals surface area contributed by atoms with Crippen LogP contribution in [0.15, 0.2) is 52.1 Å². The molecule has 1 aromatic heterocycles. The van der Waals surface area contributed by atoms with Crippen LogP contribution in [0.2, 0.25) is 0 Å². The number of benzene rings is 1. The van der Waals surface area contributed by atoms with Crippen molar-refractivity contribution in [1.82, 2.24) is 9.88 Å². The molecule has 2 aliphatic heterocycles. The van der Waals surface area contributed by atoms with Gasteiger partial charge in [0.1, 0.15) is 5.69 Å². The number of hydrogen-bond donors (Lipinski definition) is 2. The number of aromatic nitrogens is 1. The van der Waals surface area contributed by atoms with Gasteiger partial charge in [-0.15, -0.1) is 34.7 Å². The lowest BCUT2D eigenvalue weighted by atomic mass is 9.88. The molecular formula is C27H27ClN4O6S2. The summed E-state index contributed by atoms with van der Waals surface area (Å²) in [4.78, 5) is 61.4. The quantitative estimate of drug-likeness (QED) is 0.167. The predicted octanol–water partition coefficient (Wildman–Crippen LogP) is 4.10. The Morgan fingerprint density at radius 1 is 1.27 bits per heavy atom. The van der Waals surface area contributed by atoms with Crippen LogP contribution in [0, 0.1) is 5.92 Å². The highest BCUT2D eigenvalue weighted by molar-refractivity contribution is 8.00. The molecule has 13 heteroatoms. The Labute approximate surface area is 243 Å². The van der Waals surface area contributed by atoms with Crippen LogP contribution in [-0.4, -0.2) is 60.9 Å². The van der Waals surface area contributed by atoms with Gasteiger partial charge in [-0.05, 0) is 30.5 Å². The summed E-state index contributed by atoms with van der Waals surface area (Å²) in [6, 6.07) is 7.69. The largest absolute Gasteiger partial charge is 0.478 e. The number of thioether (sulfide) groups is 1. The number of carboxylic acids is 1. The van der Waals surface area contributed by atoms with Crippen LogP contribution in [0.5, 0.6) is 0 Å². The monoisotopic (exact) mass is 602 g/mol. The van der Waals surface area contributed by atoms with Crippen LogP contribution in [0.25, 0.3) is 6.08 Å². The van der Waals surface area contributed by atoms with Crippen molar-refractivity contribution in [3.05, 3.63) is 63.8 Å². The van der Waals surface area contributed by atoms with Gasteiger partial charge < -0.3 is 15.7 Å². The normalized spacial score (nSPS) is 19.4. The molecule has 0 radical (unpaired) electrons. The van der Waals surface area contributed by atoms with Crippen LogP contribution in [-0.2, 0) is 29.9 Å². The molecule has 3 N–H and O–H groups in total. The summed E-state index contributed by atoms with van der Waals surface area (Å²) in [5, 5.41) is 14.4. The van der Waals surface area contributed by atoms with E-state index in [0.29, 0.717) is 17.3 Å². The highest BCUT2D eigenvalue weighted by atomic mass is 35.5. The molecule has 3 heterocycles. The van der Waals surface area contributed by atoms with E-state index in [1.807, 2.05) is 36.4 Å². The zero-order valence-electron chi connectivity index (χ0n) is 21.9. The highest BCUT2D eigenvalue weighted by Gasteiger charge is 2.53. The minimum atomic E-state index is -1.70. The van der Waals surface area contributed by atoms with Crippen molar-refractivity contribution in [2.24, 2.45) is 11.1 Å². The number of nitrogens with two attached hydrogens (primary N) is 1. The number of carboxylic acid groups (broad SMARTS) is 1. The number of thiazole rings is 1. The summed E-state index contributed by atoms with van der Waals surface area (Å²) in [6.45, 7) is 3.99. The molecule has 1 aromatic carbocycles. The SMILES string of the molecule is CC(=O)C1=C(/C=C\c2ccc(CCl)cc2)CS[C@@H]2[C@H](CC(=O)/C(=N\OC(C)(C)C(=O)O)c3csc(N)n3)C(=O)N12. The van der Waals surface area contributed by atoms with E-state index in [1.54, 1.807) is 0 Å². The van der Waals surface area contributed by atoms with Crippen LogP contribution < -0.4 is 5.73 Å². The number of allylic oxidation sites excluding steroid dienone is 2. The molecular weight excluding hydrogens is 576 g/mol. The molecule has 2 aliphatic rings. The number of β-lactam (4-membered cyclic amide) rings is 1. The van der Waals surface area contributed by atoms with Crippen molar-refractivity contribution < 1.29 is 29.1 Å².